The Bertz CT molecular complexity index is 500. The van der Waals surface area contributed by atoms with Crippen molar-refractivity contribution in [3.05, 3.63) is 18.2 Å². The van der Waals surface area contributed by atoms with Crippen molar-refractivity contribution in [3.8, 4) is 5.75 Å². The highest BCUT2D eigenvalue weighted by Crippen LogP contribution is 2.21. The number of benzene rings is 1. The number of ether oxygens (including phenoxy) is 1. The zero-order valence-electron chi connectivity index (χ0n) is 10.8. The van der Waals surface area contributed by atoms with Crippen LogP contribution in [0.5, 0.6) is 5.75 Å². The van der Waals surface area contributed by atoms with Crippen molar-refractivity contribution in [2.45, 2.75) is 0 Å². The Balaban J connectivity index is 2.62. The lowest BCUT2D eigenvalue weighted by Gasteiger charge is -2.13. The summed E-state index contributed by atoms with van der Waals surface area (Å²) in [6.45, 7) is 0.313. The molecule has 0 radical (unpaired) electrons. The molecule has 0 aliphatic heterocycles. The maximum Gasteiger partial charge on any atom is 0.215 e. The van der Waals surface area contributed by atoms with Crippen LogP contribution in [0.2, 0.25) is 0 Å². The highest BCUT2D eigenvalue weighted by molar-refractivity contribution is 7.89. The summed E-state index contributed by atoms with van der Waals surface area (Å²) in [5.41, 5.74) is 6.99. The molecule has 0 aliphatic rings. The first kappa shape index (κ1) is 14.6. The largest absolute Gasteiger partial charge is 0.497 e. The number of hydrogen-bond acceptors (Lipinski definition) is 5. The van der Waals surface area contributed by atoms with Gasteiger partial charge in [-0.25, -0.2) is 12.7 Å². The predicted octanol–water partition coefficient (Wildman–Crippen LogP) is 0.581. The van der Waals surface area contributed by atoms with E-state index >= 15 is 0 Å². The van der Waals surface area contributed by atoms with Crippen LogP contribution < -0.4 is 15.8 Å². The first-order chi connectivity index (χ1) is 8.35. The molecular weight excluding hydrogens is 254 g/mol. The summed E-state index contributed by atoms with van der Waals surface area (Å²) < 4.78 is 29.4. The maximum absolute atomic E-state index is 11.5. The van der Waals surface area contributed by atoms with Crippen molar-refractivity contribution in [3.63, 3.8) is 0 Å². The van der Waals surface area contributed by atoms with E-state index in [4.69, 9.17) is 10.5 Å². The van der Waals surface area contributed by atoms with Gasteiger partial charge in [-0.3, -0.25) is 0 Å². The fourth-order valence-electron chi connectivity index (χ4n) is 1.35. The molecule has 18 heavy (non-hydrogen) atoms. The molecule has 6 nitrogen and oxygen atoms in total. The summed E-state index contributed by atoms with van der Waals surface area (Å²) in [5.74, 6) is 0.657. The minimum Gasteiger partial charge on any atom is -0.497 e. The smallest absolute Gasteiger partial charge is 0.215 e. The molecule has 0 saturated heterocycles. The van der Waals surface area contributed by atoms with Crippen molar-refractivity contribution < 1.29 is 13.2 Å². The van der Waals surface area contributed by atoms with Gasteiger partial charge in [-0.2, -0.15) is 0 Å². The fourth-order valence-corrected chi connectivity index (χ4v) is 2.07. The summed E-state index contributed by atoms with van der Waals surface area (Å²) >= 11 is 0. The van der Waals surface area contributed by atoms with Gasteiger partial charge in [-0.1, -0.05) is 0 Å². The molecule has 0 saturated carbocycles. The van der Waals surface area contributed by atoms with Gasteiger partial charge in [-0.15, -0.1) is 0 Å². The van der Waals surface area contributed by atoms with Gasteiger partial charge in [-0.05, 0) is 6.07 Å². The van der Waals surface area contributed by atoms with Crippen molar-refractivity contribution >= 4 is 21.4 Å². The Hall–Kier alpha value is -1.47. The molecule has 0 bridgehead atoms. The number of methoxy groups -OCH3 is 1. The summed E-state index contributed by atoms with van der Waals surface area (Å²) in [6, 6.07) is 5.19. The topological polar surface area (TPSA) is 84.7 Å². The average Bonchev–Trinajstić information content (AvgIpc) is 2.27. The van der Waals surface area contributed by atoms with Gasteiger partial charge >= 0.3 is 0 Å². The van der Waals surface area contributed by atoms with E-state index in [-0.39, 0.29) is 5.75 Å². The maximum atomic E-state index is 11.5. The second kappa shape index (κ2) is 5.92. The molecule has 7 heteroatoms. The molecular formula is C11H19N3O3S. The van der Waals surface area contributed by atoms with Crippen LogP contribution in [-0.4, -0.2) is 46.2 Å². The number of nitrogens with two attached hydrogens (primary N) is 1. The second-order valence-corrected chi connectivity index (χ2v) is 6.32. The van der Waals surface area contributed by atoms with Gasteiger partial charge < -0.3 is 15.8 Å². The third-order valence-electron chi connectivity index (χ3n) is 2.41. The molecule has 1 aromatic rings. The summed E-state index contributed by atoms with van der Waals surface area (Å²) in [5, 5.41) is 3.01. The SMILES string of the molecule is COc1cc(N)cc(NCCS(=O)(=O)N(C)C)c1. The fraction of sp³-hybridized carbons (Fsp3) is 0.455. The summed E-state index contributed by atoms with van der Waals surface area (Å²) in [4.78, 5) is 0. The molecule has 3 N–H and O–H groups in total. The van der Waals surface area contributed by atoms with Crippen LogP contribution in [0.1, 0.15) is 0 Å². The predicted molar refractivity (Wildman–Crippen MR) is 73.4 cm³/mol. The number of anilines is 2. The van der Waals surface area contributed by atoms with Crippen LogP contribution in [0, 0.1) is 0 Å². The summed E-state index contributed by atoms with van der Waals surface area (Å²) in [6.07, 6.45) is 0. The molecule has 0 amide bonds. The molecule has 102 valence electrons. The van der Waals surface area contributed by atoms with Gasteiger partial charge in [0.05, 0.1) is 12.9 Å². The van der Waals surface area contributed by atoms with Crippen molar-refractivity contribution in [1.82, 2.24) is 4.31 Å². The quantitative estimate of drug-likeness (QED) is 0.741. The van der Waals surface area contributed by atoms with Crippen LogP contribution in [0.3, 0.4) is 0 Å². The third kappa shape index (κ3) is 4.08. The van der Waals surface area contributed by atoms with E-state index in [1.54, 1.807) is 25.3 Å². The minimum atomic E-state index is -3.19. The van der Waals surface area contributed by atoms with Crippen molar-refractivity contribution in [2.75, 3.05) is 44.6 Å². The Morgan fingerprint density at radius 2 is 2.00 bits per heavy atom. The van der Waals surface area contributed by atoms with E-state index in [1.807, 2.05) is 0 Å². The zero-order chi connectivity index (χ0) is 13.8. The number of sulfonamides is 1. The average molecular weight is 273 g/mol. The van der Waals surface area contributed by atoms with Crippen molar-refractivity contribution in [1.29, 1.82) is 0 Å². The van der Waals surface area contributed by atoms with Gasteiger partial charge in [0.2, 0.25) is 10.0 Å². The Labute approximate surface area is 108 Å². The molecule has 1 rings (SSSR count). The Morgan fingerprint density at radius 1 is 1.33 bits per heavy atom. The molecule has 0 heterocycles. The van der Waals surface area contributed by atoms with Gasteiger partial charge in [0, 0.05) is 44.1 Å². The molecule has 0 fully saturated rings. The molecule has 0 aromatic heterocycles. The Kier molecular flexibility index (Phi) is 4.80. The van der Waals surface area contributed by atoms with Crippen molar-refractivity contribution in [2.24, 2.45) is 0 Å². The standard InChI is InChI=1S/C11H19N3O3S/c1-14(2)18(15,16)5-4-13-10-6-9(12)7-11(8-10)17-3/h6-8,13H,4-5,12H2,1-3H3. The summed E-state index contributed by atoms with van der Waals surface area (Å²) in [7, 11) is 1.39. The number of nitrogen functional groups attached to an aromatic ring is 1. The van der Waals surface area contributed by atoms with Crippen LogP contribution in [0.15, 0.2) is 18.2 Å². The first-order valence-corrected chi connectivity index (χ1v) is 7.04. The number of nitrogens with zero attached hydrogens (tertiary/aromatic N) is 1. The van der Waals surface area contributed by atoms with Crippen LogP contribution in [0.25, 0.3) is 0 Å². The van der Waals surface area contributed by atoms with Gasteiger partial charge in [0.25, 0.3) is 0 Å². The minimum absolute atomic E-state index is 0.0249. The van der Waals surface area contributed by atoms with Gasteiger partial charge in [0.15, 0.2) is 0 Å². The normalized spacial score (nSPS) is 11.6. The molecule has 1 aromatic carbocycles. The first-order valence-electron chi connectivity index (χ1n) is 5.44. The van der Waals surface area contributed by atoms with E-state index in [1.165, 1.54) is 18.4 Å². The monoisotopic (exact) mass is 273 g/mol. The van der Waals surface area contributed by atoms with Crippen LogP contribution >= 0.6 is 0 Å². The van der Waals surface area contributed by atoms with Gasteiger partial charge in [0.1, 0.15) is 5.75 Å². The van der Waals surface area contributed by atoms with E-state index in [9.17, 15) is 8.42 Å². The molecule has 0 atom stereocenters. The number of rotatable bonds is 6. The van der Waals surface area contributed by atoms with E-state index < -0.39 is 10.0 Å². The lowest BCUT2D eigenvalue weighted by Crippen LogP contribution is -2.28. The van der Waals surface area contributed by atoms with E-state index in [0.29, 0.717) is 18.0 Å². The van der Waals surface area contributed by atoms with Crippen LogP contribution in [-0.2, 0) is 10.0 Å². The second-order valence-electron chi connectivity index (χ2n) is 4.02. The molecule has 0 spiro atoms. The van der Waals surface area contributed by atoms with Crippen LogP contribution in [0.4, 0.5) is 11.4 Å². The van der Waals surface area contributed by atoms with E-state index in [2.05, 4.69) is 5.32 Å². The number of hydrogen-bond donors (Lipinski definition) is 2. The lowest BCUT2D eigenvalue weighted by molar-refractivity contribution is 0.415. The third-order valence-corrected chi connectivity index (χ3v) is 4.24. The molecule has 0 unspecified atom stereocenters. The highest BCUT2D eigenvalue weighted by Gasteiger charge is 2.12. The molecule has 0 aliphatic carbocycles. The Morgan fingerprint density at radius 3 is 2.56 bits per heavy atom. The number of nitrogens with one attached hydrogen (secondary N) is 1. The highest BCUT2D eigenvalue weighted by atomic mass is 32.2. The zero-order valence-corrected chi connectivity index (χ0v) is 11.6. The lowest BCUT2D eigenvalue weighted by atomic mass is 10.2. The van der Waals surface area contributed by atoms with E-state index in [0.717, 1.165) is 5.69 Å².